The number of carbonyl (C=O) groups is 1. The molecule has 0 aromatic heterocycles. The van der Waals surface area contributed by atoms with Crippen LogP contribution in [0.25, 0.3) is 0 Å². The van der Waals surface area contributed by atoms with Crippen molar-refractivity contribution in [2.24, 2.45) is 10.9 Å². The van der Waals surface area contributed by atoms with Crippen LogP contribution < -0.4 is 10.2 Å². The van der Waals surface area contributed by atoms with Crippen molar-refractivity contribution in [1.29, 1.82) is 0 Å². The van der Waals surface area contributed by atoms with Crippen LogP contribution in [0.15, 0.2) is 83.9 Å². The Balaban J connectivity index is 1.34. The molecule has 3 aromatic rings. The van der Waals surface area contributed by atoms with E-state index >= 15 is 0 Å². The van der Waals surface area contributed by atoms with Gasteiger partial charge in [0.05, 0.1) is 11.4 Å². The standard InChI is InChI=1S/C29H29ClN4OS/c1-33-25-13-12-23(30)19-24(25)26(22-10-6-3-7-11-22)31-27(28(33)35)32-29(36)34-16-14-21(15-17-34)18-20-8-4-2-5-9-20/h2-13,19,21,27H,14-18H2,1H3,(H,32,36). The van der Waals surface area contributed by atoms with Gasteiger partial charge in [-0.25, -0.2) is 4.99 Å². The molecule has 3 aromatic carbocycles. The Morgan fingerprint density at radius 2 is 1.69 bits per heavy atom. The van der Waals surface area contributed by atoms with Crippen LogP contribution in [0.1, 0.15) is 29.5 Å². The maximum absolute atomic E-state index is 13.5. The maximum atomic E-state index is 13.5. The van der Waals surface area contributed by atoms with E-state index in [1.165, 1.54) is 5.56 Å². The van der Waals surface area contributed by atoms with Gasteiger partial charge in [0, 0.05) is 36.3 Å². The fraction of sp³-hybridized carbons (Fsp3) is 0.276. The van der Waals surface area contributed by atoms with E-state index < -0.39 is 6.17 Å². The molecule has 2 heterocycles. The van der Waals surface area contributed by atoms with E-state index in [2.05, 4.69) is 40.5 Å². The predicted molar refractivity (Wildman–Crippen MR) is 151 cm³/mol. The fourth-order valence-electron chi connectivity index (χ4n) is 4.96. The zero-order chi connectivity index (χ0) is 25.1. The van der Waals surface area contributed by atoms with Crippen molar-refractivity contribution < 1.29 is 4.79 Å². The van der Waals surface area contributed by atoms with Crippen molar-refractivity contribution >= 4 is 46.2 Å². The van der Waals surface area contributed by atoms with Crippen molar-refractivity contribution in [3.63, 3.8) is 0 Å². The highest BCUT2D eigenvalue weighted by Gasteiger charge is 2.32. The maximum Gasteiger partial charge on any atom is 0.272 e. The molecule has 184 valence electrons. The molecule has 36 heavy (non-hydrogen) atoms. The predicted octanol–water partition coefficient (Wildman–Crippen LogP) is 5.31. The molecule has 1 atom stereocenters. The molecule has 0 radical (unpaired) electrons. The van der Waals surface area contributed by atoms with Gasteiger partial charge in [-0.1, -0.05) is 72.3 Å². The lowest BCUT2D eigenvalue weighted by atomic mass is 9.90. The molecular formula is C29H29ClN4OS. The van der Waals surface area contributed by atoms with Gasteiger partial charge in [-0.2, -0.15) is 0 Å². The molecule has 7 heteroatoms. The number of hydrogen-bond donors (Lipinski definition) is 1. The lowest BCUT2D eigenvalue weighted by molar-refractivity contribution is -0.119. The lowest BCUT2D eigenvalue weighted by Gasteiger charge is -2.35. The Labute approximate surface area is 222 Å². The summed E-state index contributed by atoms with van der Waals surface area (Å²) in [6.45, 7) is 1.73. The van der Waals surface area contributed by atoms with Crippen molar-refractivity contribution in [3.8, 4) is 0 Å². The Morgan fingerprint density at radius 3 is 2.39 bits per heavy atom. The summed E-state index contributed by atoms with van der Waals surface area (Å²) in [5.74, 6) is 0.477. The highest BCUT2D eigenvalue weighted by molar-refractivity contribution is 7.80. The molecule has 1 N–H and O–H groups in total. The summed E-state index contributed by atoms with van der Waals surface area (Å²) < 4.78 is 0. The summed E-state index contributed by atoms with van der Waals surface area (Å²) in [7, 11) is 1.77. The van der Waals surface area contributed by atoms with Gasteiger partial charge in [-0.15, -0.1) is 0 Å². The summed E-state index contributed by atoms with van der Waals surface area (Å²) in [4.78, 5) is 22.2. The number of carbonyl (C=O) groups excluding carboxylic acids is 1. The Morgan fingerprint density at radius 1 is 1.03 bits per heavy atom. The highest BCUT2D eigenvalue weighted by Crippen LogP contribution is 2.30. The number of hydrogen-bond acceptors (Lipinski definition) is 3. The SMILES string of the molecule is CN1C(=O)C(NC(=S)N2CCC(Cc3ccccc3)CC2)N=C(c2ccccc2)c2cc(Cl)ccc21. The van der Waals surface area contributed by atoms with Crippen LogP contribution in [0.3, 0.4) is 0 Å². The second kappa shape index (κ2) is 10.8. The zero-order valence-electron chi connectivity index (χ0n) is 20.2. The minimum atomic E-state index is -0.828. The van der Waals surface area contributed by atoms with E-state index in [0.717, 1.165) is 49.2 Å². The summed E-state index contributed by atoms with van der Waals surface area (Å²) in [6, 6.07) is 26.0. The number of nitrogens with zero attached hydrogens (tertiary/aromatic N) is 3. The molecule has 0 saturated carbocycles. The summed E-state index contributed by atoms with van der Waals surface area (Å²) >= 11 is 12.1. The molecule has 1 amide bonds. The average Bonchev–Trinajstić information content (AvgIpc) is 3.00. The quantitative estimate of drug-likeness (QED) is 0.477. The van der Waals surface area contributed by atoms with E-state index in [9.17, 15) is 4.79 Å². The van der Waals surface area contributed by atoms with Crippen LogP contribution in [-0.4, -0.2) is 47.9 Å². The molecule has 5 rings (SSSR count). The number of halogens is 1. The zero-order valence-corrected chi connectivity index (χ0v) is 21.8. The fourth-order valence-corrected chi connectivity index (χ4v) is 5.43. The van der Waals surface area contributed by atoms with Crippen molar-refractivity contribution in [3.05, 3.63) is 101 Å². The number of anilines is 1. The molecule has 5 nitrogen and oxygen atoms in total. The number of likely N-dealkylation sites (N-methyl/N-ethyl adjacent to an activating group) is 1. The van der Waals surface area contributed by atoms with E-state index in [-0.39, 0.29) is 5.91 Å². The van der Waals surface area contributed by atoms with Crippen LogP contribution in [0.5, 0.6) is 0 Å². The van der Waals surface area contributed by atoms with Gasteiger partial charge in [0.15, 0.2) is 5.11 Å². The third kappa shape index (κ3) is 5.30. The Kier molecular flexibility index (Phi) is 7.35. The van der Waals surface area contributed by atoms with Gasteiger partial charge in [0.2, 0.25) is 6.17 Å². The molecule has 1 fully saturated rings. The molecule has 0 bridgehead atoms. The third-order valence-corrected chi connectivity index (χ3v) is 7.59. The van der Waals surface area contributed by atoms with E-state index in [0.29, 0.717) is 21.8 Å². The van der Waals surface area contributed by atoms with Gasteiger partial charge in [0.1, 0.15) is 0 Å². The summed E-state index contributed by atoms with van der Waals surface area (Å²) in [5, 5.41) is 4.43. The Bertz CT molecular complexity index is 1270. The van der Waals surface area contributed by atoms with Crippen LogP contribution >= 0.6 is 23.8 Å². The van der Waals surface area contributed by atoms with Gasteiger partial charge in [-0.05, 0) is 61.2 Å². The molecule has 2 aliphatic rings. The smallest absolute Gasteiger partial charge is 0.272 e. The lowest BCUT2D eigenvalue weighted by Crippen LogP contribution is -2.52. The first kappa shape index (κ1) is 24.5. The Hall–Kier alpha value is -3.22. The first-order valence-corrected chi connectivity index (χ1v) is 13.1. The number of likely N-dealkylation sites (tertiary alicyclic amines) is 1. The van der Waals surface area contributed by atoms with Crippen LogP contribution in [0.4, 0.5) is 5.69 Å². The van der Waals surface area contributed by atoms with E-state index in [4.69, 9.17) is 28.8 Å². The third-order valence-electron chi connectivity index (χ3n) is 6.97. The van der Waals surface area contributed by atoms with Gasteiger partial charge < -0.3 is 15.1 Å². The van der Waals surface area contributed by atoms with Crippen LogP contribution in [0.2, 0.25) is 5.02 Å². The molecule has 0 aliphatic carbocycles. The number of piperidine rings is 1. The minimum Gasteiger partial charge on any atom is -0.349 e. The van der Waals surface area contributed by atoms with Crippen molar-refractivity contribution in [1.82, 2.24) is 10.2 Å². The second-order valence-electron chi connectivity index (χ2n) is 9.37. The van der Waals surface area contributed by atoms with Gasteiger partial charge in [0.25, 0.3) is 5.91 Å². The average molecular weight is 517 g/mol. The molecule has 2 aliphatic heterocycles. The number of rotatable bonds is 4. The molecular weight excluding hydrogens is 488 g/mol. The normalized spacial score (nSPS) is 18.3. The number of fused-ring (bicyclic) bond motifs is 1. The minimum absolute atomic E-state index is 0.161. The van der Waals surface area contributed by atoms with Crippen LogP contribution in [0, 0.1) is 5.92 Å². The number of benzodiazepines with no additional fused rings is 1. The first-order valence-electron chi connectivity index (χ1n) is 12.3. The van der Waals surface area contributed by atoms with Crippen LogP contribution in [-0.2, 0) is 11.2 Å². The number of aliphatic imine (C=N–C) groups is 1. The number of thiocarbonyl (C=S) groups is 1. The van der Waals surface area contributed by atoms with E-state index in [1.54, 1.807) is 18.0 Å². The highest BCUT2D eigenvalue weighted by atomic mass is 35.5. The number of benzene rings is 3. The van der Waals surface area contributed by atoms with Crippen molar-refractivity contribution in [2.75, 3.05) is 25.0 Å². The van der Waals surface area contributed by atoms with Crippen molar-refractivity contribution in [2.45, 2.75) is 25.4 Å². The number of amides is 1. The van der Waals surface area contributed by atoms with Gasteiger partial charge >= 0.3 is 0 Å². The molecule has 1 unspecified atom stereocenters. The number of nitrogens with one attached hydrogen (secondary N) is 1. The topological polar surface area (TPSA) is 47.9 Å². The second-order valence-corrected chi connectivity index (χ2v) is 10.2. The summed E-state index contributed by atoms with van der Waals surface area (Å²) in [5.41, 5.74) is 4.60. The first-order chi connectivity index (χ1) is 17.5. The largest absolute Gasteiger partial charge is 0.349 e. The molecule has 1 saturated heterocycles. The van der Waals surface area contributed by atoms with E-state index in [1.807, 2.05) is 42.5 Å². The molecule has 0 spiro atoms. The monoisotopic (exact) mass is 516 g/mol. The summed E-state index contributed by atoms with van der Waals surface area (Å²) in [6.07, 6.45) is 2.40. The van der Waals surface area contributed by atoms with Gasteiger partial charge in [-0.3, -0.25) is 4.79 Å².